The van der Waals surface area contributed by atoms with Gasteiger partial charge in [0.1, 0.15) is 11.9 Å². The summed E-state index contributed by atoms with van der Waals surface area (Å²) in [5, 5.41) is 0. The summed E-state index contributed by atoms with van der Waals surface area (Å²) in [4.78, 5) is 20.9. The van der Waals surface area contributed by atoms with E-state index in [0.717, 1.165) is 37.3 Å². The zero-order valence-electron chi connectivity index (χ0n) is 10.7. The third-order valence-corrected chi connectivity index (χ3v) is 4.37. The number of ketones is 1. The highest BCUT2D eigenvalue weighted by Crippen LogP contribution is 2.45. The lowest BCUT2D eigenvalue weighted by molar-refractivity contribution is -0.112. The zero-order chi connectivity index (χ0) is 13.9. The Balaban J connectivity index is 2.21. The molecule has 1 aromatic carbocycles. The van der Waals surface area contributed by atoms with Crippen molar-refractivity contribution in [1.82, 2.24) is 0 Å². The molecule has 0 saturated heterocycles. The predicted octanol–water partition coefficient (Wildman–Crippen LogP) is 2.88. The van der Waals surface area contributed by atoms with Gasteiger partial charge >= 0.3 is 7.60 Å². The maximum absolute atomic E-state index is 11.9. The van der Waals surface area contributed by atoms with Gasteiger partial charge in [0.25, 0.3) is 0 Å². The van der Waals surface area contributed by atoms with Gasteiger partial charge in [0.2, 0.25) is 0 Å². The Bertz CT molecular complexity index is 550. The van der Waals surface area contributed by atoms with Gasteiger partial charge in [-0.1, -0.05) is 18.7 Å². The van der Waals surface area contributed by atoms with Crippen molar-refractivity contribution < 1.29 is 18.8 Å². The van der Waals surface area contributed by atoms with Crippen molar-refractivity contribution in [3.8, 4) is 5.75 Å². The summed E-state index contributed by atoms with van der Waals surface area (Å²) in [7, 11) is -3.95. The van der Waals surface area contributed by atoms with Crippen molar-refractivity contribution in [2.45, 2.75) is 25.7 Å². The highest BCUT2D eigenvalue weighted by Gasteiger charge is 2.26. The van der Waals surface area contributed by atoms with Gasteiger partial charge in [-0.05, 0) is 49.0 Å². The third-order valence-electron chi connectivity index (χ3n) is 3.18. The van der Waals surface area contributed by atoms with Crippen LogP contribution in [0.25, 0.3) is 0 Å². The Morgan fingerprint density at radius 2 is 2.16 bits per heavy atom. The number of aryl methyl sites for hydroxylation is 1. The molecule has 5 heteroatoms. The van der Waals surface area contributed by atoms with E-state index in [-0.39, 0.29) is 0 Å². The van der Waals surface area contributed by atoms with Crippen LogP contribution in [0.1, 0.15) is 24.0 Å². The first-order valence-electron chi connectivity index (χ1n) is 6.29. The molecule has 1 unspecified atom stereocenters. The fourth-order valence-electron chi connectivity index (χ4n) is 2.28. The summed E-state index contributed by atoms with van der Waals surface area (Å²) < 4.78 is 17.1. The van der Waals surface area contributed by atoms with Gasteiger partial charge in [0.15, 0.2) is 5.78 Å². The predicted molar refractivity (Wildman–Crippen MR) is 73.6 cm³/mol. The highest BCUT2D eigenvalue weighted by atomic mass is 31.2. The van der Waals surface area contributed by atoms with E-state index >= 15 is 0 Å². The summed E-state index contributed by atoms with van der Waals surface area (Å²) in [6.45, 7) is 3.28. The molecule has 0 radical (unpaired) electrons. The summed E-state index contributed by atoms with van der Waals surface area (Å²) in [6.07, 6.45) is 4.50. The van der Waals surface area contributed by atoms with Crippen LogP contribution >= 0.6 is 7.60 Å². The maximum atomic E-state index is 11.9. The standard InChI is InChI=1S/C14H17O4P/c1-2-12(15)10-19(16,17)18-14-9-5-7-11-6-3-4-8-13(11)14/h2,5,7,9H,1,3-4,6,8,10H2,(H,16,17). The normalized spacial score (nSPS) is 17.1. The fourth-order valence-corrected chi connectivity index (χ4v) is 3.35. The van der Waals surface area contributed by atoms with Crippen LogP contribution in [0.4, 0.5) is 0 Å². The second-order valence-electron chi connectivity index (χ2n) is 4.66. The molecule has 0 amide bonds. The zero-order valence-corrected chi connectivity index (χ0v) is 11.6. The van der Waals surface area contributed by atoms with E-state index in [1.807, 2.05) is 12.1 Å². The van der Waals surface area contributed by atoms with Gasteiger partial charge in [-0.15, -0.1) is 0 Å². The number of rotatable bonds is 5. The maximum Gasteiger partial charge on any atom is 0.384 e. The van der Waals surface area contributed by atoms with Crippen molar-refractivity contribution in [3.05, 3.63) is 42.0 Å². The van der Waals surface area contributed by atoms with E-state index in [0.29, 0.717) is 5.75 Å². The first-order valence-corrected chi connectivity index (χ1v) is 8.05. The molecule has 4 nitrogen and oxygen atoms in total. The van der Waals surface area contributed by atoms with Crippen molar-refractivity contribution >= 4 is 13.4 Å². The second-order valence-corrected chi connectivity index (χ2v) is 6.43. The van der Waals surface area contributed by atoms with Crippen LogP contribution in [0, 0.1) is 0 Å². The molecule has 0 aliphatic heterocycles. The summed E-state index contributed by atoms with van der Waals surface area (Å²) in [6, 6.07) is 5.51. The fraction of sp³-hybridized carbons (Fsp3) is 0.357. The monoisotopic (exact) mass is 280 g/mol. The number of carbonyl (C=O) groups is 1. The molecule has 102 valence electrons. The second kappa shape index (κ2) is 5.72. The first-order chi connectivity index (χ1) is 9.02. The van der Waals surface area contributed by atoms with Crippen molar-refractivity contribution in [1.29, 1.82) is 0 Å². The molecule has 1 atom stereocenters. The minimum atomic E-state index is -3.95. The molecule has 0 fully saturated rings. The van der Waals surface area contributed by atoms with Gasteiger partial charge < -0.3 is 9.42 Å². The smallest absolute Gasteiger partial charge is 0.384 e. The SMILES string of the molecule is C=CC(=O)CP(=O)(O)Oc1cccc2c1CCCC2. The van der Waals surface area contributed by atoms with Crippen molar-refractivity contribution in [3.63, 3.8) is 0 Å². The molecule has 0 saturated carbocycles. The van der Waals surface area contributed by atoms with E-state index in [1.54, 1.807) is 6.07 Å². The summed E-state index contributed by atoms with van der Waals surface area (Å²) in [5.74, 6) is -0.0597. The van der Waals surface area contributed by atoms with Gasteiger partial charge in [-0.3, -0.25) is 4.79 Å². The molecular formula is C14H17O4P. The Morgan fingerprint density at radius 1 is 1.42 bits per heavy atom. The minimum absolute atomic E-state index is 0.430. The third kappa shape index (κ3) is 3.55. The molecule has 1 aliphatic rings. The lowest BCUT2D eigenvalue weighted by Gasteiger charge is -2.21. The number of hydrogen-bond donors (Lipinski definition) is 1. The molecule has 0 aromatic heterocycles. The Labute approximate surface area is 112 Å². The van der Waals surface area contributed by atoms with Crippen LogP contribution in [0.3, 0.4) is 0 Å². The van der Waals surface area contributed by atoms with E-state index in [1.165, 1.54) is 5.56 Å². The lowest BCUT2D eigenvalue weighted by Crippen LogP contribution is -2.09. The van der Waals surface area contributed by atoms with Crippen LogP contribution in [0.5, 0.6) is 5.75 Å². The minimum Gasteiger partial charge on any atom is -0.424 e. The molecule has 0 bridgehead atoms. The first kappa shape index (κ1) is 14.0. The van der Waals surface area contributed by atoms with Gasteiger partial charge in [-0.25, -0.2) is 4.57 Å². The van der Waals surface area contributed by atoms with E-state index in [9.17, 15) is 14.3 Å². The van der Waals surface area contributed by atoms with Crippen LogP contribution in [-0.4, -0.2) is 16.8 Å². The molecule has 0 spiro atoms. The van der Waals surface area contributed by atoms with Crippen LogP contribution in [-0.2, 0) is 22.2 Å². The molecule has 0 heterocycles. The van der Waals surface area contributed by atoms with Crippen molar-refractivity contribution in [2.24, 2.45) is 0 Å². The quantitative estimate of drug-likeness (QED) is 0.665. The number of allylic oxidation sites excluding steroid dienone is 1. The van der Waals surface area contributed by atoms with Crippen LogP contribution < -0.4 is 4.52 Å². The number of fused-ring (bicyclic) bond motifs is 1. The van der Waals surface area contributed by atoms with Gasteiger partial charge in [0, 0.05) is 0 Å². The van der Waals surface area contributed by atoms with Crippen LogP contribution in [0.15, 0.2) is 30.9 Å². The lowest BCUT2D eigenvalue weighted by atomic mass is 9.91. The molecule has 19 heavy (non-hydrogen) atoms. The largest absolute Gasteiger partial charge is 0.424 e. The Morgan fingerprint density at radius 3 is 2.89 bits per heavy atom. The number of carbonyl (C=O) groups excluding carboxylic acids is 1. The van der Waals surface area contributed by atoms with E-state index in [4.69, 9.17) is 4.52 Å². The Hall–Kier alpha value is -1.38. The Kier molecular flexibility index (Phi) is 4.23. The van der Waals surface area contributed by atoms with Crippen LogP contribution in [0.2, 0.25) is 0 Å². The highest BCUT2D eigenvalue weighted by molar-refractivity contribution is 7.54. The molecular weight excluding hydrogens is 263 g/mol. The van der Waals surface area contributed by atoms with Gasteiger partial charge in [0.05, 0.1) is 0 Å². The molecule has 1 aromatic rings. The average Bonchev–Trinajstić information content (AvgIpc) is 2.38. The topological polar surface area (TPSA) is 63.6 Å². The van der Waals surface area contributed by atoms with Gasteiger partial charge in [-0.2, -0.15) is 0 Å². The molecule has 1 N–H and O–H groups in total. The molecule has 1 aliphatic carbocycles. The summed E-state index contributed by atoms with van der Waals surface area (Å²) in [5.41, 5.74) is 2.16. The average molecular weight is 280 g/mol. The number of hydrogen-bond acceptors (Lipinski definition) is 3. The van der Waals surface area contributed by atoms with E-state index in [2.05, 4.69) is 6.58 Å². The molecule has 2 rings (SSSR count). The summed E-state index contributed by atoms with van der Waals surface area (Å²) >= 11 is 0. The van der Waals surface area contributed by atoms with Crippen molar-refractivity contribution in [2.75, 3.05) is 6.16 Å². The van der Waals surface area contributed by atoms with E-state index < -0.39 is 19.5 Å². The number of benzene rings is 1.